The van der Waals surface area contributed by atoms with Crippen LogP contribution in [0.5, 0.6) is 0 Å². The van der Waals surface area contributed by atoms with Crippen molar-refractivity contribution in [2.24, 2.45) is 0 Å². The maximum absolute atomic E-state index is 11.9. The van der Waals surface area contributed by atoms with Gasteiger partial charge in [-0.3, -0.25) is 4.79 Å². The number of amides is 1. The van der Waals surface area contributed by atoms with Crippen LogP contribution in [0.25, 0.3) is 0 Å². The van der Waals surface area contributed by atoms with Crippen molar-refractivity contribution < 1.29 is 14.3 Å². The Labute approximate surface area is 128 Å². The van der Waals surface area contributed by atoms with Crippen molar-refractivity contribution in [3.05, 3.63) is 59.0 Å². The van der Waals surface area contributed by atoms with Gasteiger partial charge in [-0.05, 0) is 30.7 Å². The topological polar surface area (TPSA) is 62.5 Å². The molecule has 1 atom stereocenters. The van der Waals surface area contributed by atoms with Crippen molar-refractivity contribution in [2.45, 2.75) is 25.4 Å². The number of carbonyl (C=O) groups excluding carboxylic acids is 1. The maximum atomic E-state index is 11.9. The van der Waals surface area contributed by atoms with E-state index in [9.17, 15) is 9.90 Å². The third-order valence-electron chi connectivity index (χ3n) is 3.11. The van der Waals surface area contributed by atoms with Crippen molar-refractivity contribution in [1.29, 1.82) is 0 Å². The van der Waals surface area contributed by atoms with Gasteiger partial charge in [0, 0.05) is 18.0 Å². The van der Waals surface area contributed by atoms with Crippen molar-refractivity contribution in [1.82, 2.24) is 5.32 Å². The van der Waals surface area contributed by atoms with E-state index in [4.69, 9.17) is 16.0 Å². The molecule has 0 aliphatic rings. The number of nitrogens with one attached hydrogen (secondary N) is 1. The molecule has 0 saturated carbocycles. The highest BCUT2D eigenvalue weighted by molar-refractivity contribution is 6.31. The second-order valence-electron chi connectivity index (χ2n) is 5.30. The van der Waals surface area contributed by atoms with E-state index in [-0.39, 0.29) is 18.9 Å². The number of furan rings is 1. The lowest BCUT2D eigenvalue weighted by molar-refractivity contribution is -0.121. The van der Waals surface area contributed by atoms with Crippen LogP contribution in [0.3, 0.4) is 0 Å². The zero-order chi connectivity index (χ0) is 15.3. The van der Waals surface area contributed by atoms with Gasteiger partial charge in [-0.1, -0.05) is 29.8 Å². The first-order valence-electron chi connectivity index (χ1n) is 6.71. The Morgan fingerprint density at radius 1 is 1.33 bits per heavy atom. The van der Waals surface area contributed by atoms with E-state index < -0.39 is 5.60 Å². The minimum absolute atomic E-state index is 0.150. The van der Waals surface area contributed by atoms with Crippen molar-refractivity contribution in [2.75, 3.05) is 6.54 Å². The van der Waals surface area contributed by atoms with E-state index in [2.05, 4.69) is 5.32 Å². The number of rotatable bonds is 6. The summed E-state index contributed by atoms with van der Waals surface area (Å²) >= 11 is 6.01. The minimum Gasteiger partial charge on any atom is -0.469 e. The summed E-state index contributed by atoms with van der Waals surface area (Å²) in [6, 6.07) is 10.8. The summed E-state index contributed by atoms with van der Waals surface area (Å²) in [5, 5.41) is 13.5. The summed E-state index contributed by atoms with van der Waals surface area (Å²) in [6.45, 7) is 1.81. The van der Waals surface area contributed by atoms with Crippen LogP contribution in [0.2, 0.25) is 5.02 Å². The summed E-state index contributed by atoms with van der Waals surface area (Å²) in [4.78, 5) is 11.9. The summed E-state index contributed by atoms with van der Waals surface area (Å²) < 4.78 is 5.20. The second kappa shape index (κ2) is 6.78. The lowest BCUT2D eigenvalue weighted by Gasteiger charge is -2.22. The summed E-state index contributed by atoms with van der Waals surface area (Å²) in [5.41, 5.74) is -0.295. The molecule has 0 radical (unpaired) electrons. The van der Waals surface area contributed by atoms with Crippen molar-refractivity contribution >= 4 is 17.5 Å². The van der Waals surface area contributed by atoms with Crippen LogP contribution in [0.1, 0.15) is 18.2 Å². The van der Waals surface area contributed by atoms with E-state index in [0.29, 0.717) is 17.2 Å². The number of hydrogen-bond acceptors (Lipinski definition) is 3. The van der Waals surface area contributed by atoms with Crippen LogP contribution >= 0.6 is 11.6 Å². The molecule has 1 amide bonds. The monoisotopic (exact) mass is 307 g/mol. The average molecular weight is 308 g/mol. The molecular formula is C16H18ClNO3. The van der Waals surface area contributed by atoms with Gasteiger partial charge in [0.1, 0.15) is 5.76 Å². The van der Waals surface area contributed by atoms with Gasteiger partial charge in [0.25, 0.3) is 0 Å². The molecule has 112 valence electrons. The van der Waals surface area contributed by atoms with Gasteiger partial charge < -0.3 is 14.8 Å². The zero-order valence-corrected chi connectivity index (χ0v) is 12.6. The number of aliphatic hydroxyl groups is 1. The van der Waals surface area contributed by atoms with Gasteiger partial charge in [0.2, 0.25) is 5.91 Å². The second-order valence-corrected chi connectivity index (χ2v) is 5.71. The summed E-state index contributed by atoms with van der Waals surface area (Å²) in [5.74, 6) is 0.503. The fourth-order valence-electron chi connectivity index (χ4n) is 2.02. The van der Waals surface area contributed by atoms with Crippen LogP contribution in [-0.2, 0) is 17.6 Å². The van der Waals surface area contributed by atoms with Gasteiger partial charge in [-0.2, -0.15) is 0 Å². The zero-order valence-electron chi connectivity index (χ0n) is 11.8. The Morgan fingerprint density at radius 3 is 2.76 bits per heavy atom. The highest BCUT2D eigenvalue weighted by Crippen LogP contribution is 2.16. The molecular weight excluding hydrogens is 290 g/mol. The predicted molar refractivity (Wildman–Crippen MR) is 81.2 cm³/mol. The fraction of sp³-hybridized carbons (Fsp3) is 0.312. The lowest BCUT2D eigenvalue weighted by atomic mass is 10.0. The third-order valence-corrected chi connectivity index (χ3v) is 3.48. The lowest BCUT2D eigenvalue weighted by Crippen LogP contribution is -2.42. The fourth-order valence-corrected chi connectivity index (χ4v) is 2.22. The van der Waals surface area contributed by atoms with Crippen LogP contribution in [0.4, 0.5) is 0 Å². The molecule has 0 aliphatic carbocycles. The first kappa shape index (κ1) is 15.6. The van der Waals surface area contributed by atoms with Crippen molar-refractivity contribution in [3.63, 3.8) is 0 Å². The predicted octanol–water partition coefficient (Wildman–Crippen LogP) is 2.59. The Hall–Kier alpha value is -1.78. The van der Waals surface area contributed by atoms with Crippen molar-refractivity contribution in [3.8, 4) is 0 Å². The molecule has 1 unspecified atom stereocenters. The molecule has 2 N–H and O–H groups in total. The maximum Gasteiger partial charge on any atom is 0.224 e. The Bertz CT molecular complexity index is 593. The highest BCUT2D eigenvalue weighted by atomic mass is 35.5. The molecule has 2 rings (SSSR count). The van der Waals surface area contributed by atoms with Gasteiger partial charge in [-0.25, -0.2) is 0 Å². The van der Waals surface area contributed by atoms with Crippen LogP contribution < -0.4 is 5.32 Å². The van der Waals surface area contributed by atoms with E-state index >= 15 is 0 Å². The van der Waals surface area contributed by atoms with E-state index in [1.54, 1.807) is 31.4 Å². The minimum atomic E-state index is -1.06. The SMILES string of the molecule is CC(O)(CNC(=O)Cc1ccccc1Cl)Cc1ccco1. The molecule has 0 aliphatic heterocycles. The number of hydrogen-bond donors (Lipinski definition) is 2. The smallest absolute Gasteiger partial charge is 0.224 e. The molecule has 1 aromatic heterocycles. The van der Waals surface area contributed by atoms with Gasteiger partial charge in [0.15, 0.2) is 0 Å². The van der Waals surface area contributed by atoms with Crippen LogP contribution in [0.15, 0.2) is 47.1 Å². The number of benzene rings is 1. The molecule has 2 aromatic rings. The van der Waals surface area contributed by atoms with Crippen LogP contribution in [0, 0.1) is 0 Å². The van der Waals surface area contributed by atoms with Gasteiger partial charge >= 0.3 is 0 Å². The molecule has 0 saturated heterocycles. The first-order valence-corrected chi connectivity index (χ1v) is 7.09. The average Bonchev–Trinajstić information content (AvgIpc) is 2.91. The molecule has 0 spiro atoms. The van der Waals surface area contributed by atoms with Gasteiger partial charge in [0.05, 0.1) is 18.3 Å². The molecule has 5 heteroatoms. The molecule has 4 nitrogen and oxygen atoms in total. The van der Waals surface area contributed by atoms with Crippen LogP contribution in [-0.4, -0.2) is 23.2 Å². The summed E-state index contributed by atoms with van der Waals surface area (Å²) in [7, 11) is 0. The molecule has 1 heterocycles. The summed E-state index contributed by atoms with van der Waals surface area (Å²) in [6.07, 6.45) is 2.09. The highest BCUT2D eigenvalue weighted by Gasteiger charge is 2.23. The van der Waals surface area contributed by atoms with E-state index in [0.717, 1.165) is 5.56 Å². The Kier molecular flexibility index (Phi) is 5.04. The quantitative estimate of drug-likeness (QED) is 0.862. The van der Waals surface area contributed by atoms with E-state index in [1.165, 1.54) is 0 Å². The van der Waals surface area contributed by atoms with Gasteiger partial charge in [-0.15, -0.1) is 0 Å². The normalized spacial score (nSPS) is 13.7. The molecule has 0 bridgehead atoms. The first-order chi connectivity index (χ1) is 9.96. The molecule has 1 aromatic carbocycles. The Balaban J connectivity index is 1.84. The Morgan fingerprint density at radius 2 is 2.10 bits per heavy atom. The molecule has 21 heavy (non-hydrogen) atoms. The number of carbonyl (C=O) groups is 1. The molecule has 0 fully saturated rings. The largest absolute Gasteiger partial charge is 0.469 e. The third kappa shape index (κ3) is 4.92. The standard InChI is InChI=1S/C16H18ClNO3/c1-16(20,10-13-6-4-8-21-13)11-18-15(19)9-12-5-2-3-7-14(12)17/h2-8,20H,9-11H2,1H3,(H,18,19). The number of halogens is 1. The van der Waals surface area contributed by atoms with E-state index in [1.807, 2.05) is 18.2 Å².